The third-order valence-corrected chi connectivity index (χ3v) is 3.07. The molecule has 0 radical (unpaired) electrons. The molecule has 0 unspecified atom stereocenters. The molecule has 2 aromatic carbocycles. The molecule has 0 spiro atoms. The van der Waals surface area contributed by atoms with E-state index in [1.807, 2.05) is 13.0 Å². The van der Waals surface area contributed by atoms with Gasteiger partial charge in [-0.15, -0.1) is 0 Å². The zero-order chi connectivity index (χ0) is 14.5. The van der Waals surface area contributed by atoms with Crippen molar-refractivity contribution in [3.63, 3.8) is 0 Å². The van der Waals surface area contributed by atoms with Crippen molar-refractivity contribution < 1.29 is 13.9 Å². The topological polar surface area (TPSA) is 38.3 Å². The normalized spacial score (nSPS) is 10.2. The standard InChI is InChI=1S/C16H16FNO2/c1-11-8-14(17)7-6-13(11)10-18-15-5-3-4-12(9-15)16(19)20-2/h3-9,18H,10H2,1-2H3. The molecule has 2 aromatic rings. The molecule has 0 atom stereocenters. The Balaban J connectivity index is 2.09. The molecule has 0 fully saturated rings. The Morgan fingerprint density at radius 1 is 1.25 bits per heavy atom. The monoisotopic (exact) mass is 273 g/mol. The van der Waals surface area contributed by atoms with Crippen molar-refractivity contribution in [3.8, 4) is 0 Å². The van der Waals surface area contributed by atoms with Gasteiger partial charge in [0.05, 0.1) is 12.7 Å². The van der Waals surface area contributed by atoms with E-state index in [4.69, 9.17) is 0 Å². The van der Waals surface area contributed by atoms with Gasteiger partial charge in [-0.25, -0.2) is 9.18 Å². The van der Waals surface area contributed by atoms with Gasteiger partial charge < -0.3 is 10.1 Å². The second-order valence-electron chi connectivity index (χ2n) is 4.50. The highest BCUT2D eigenvalue weighted by Crippen LogP contribution is 2.15. The Kier molecular flexibility index (Phi) is 4.35. The summed E-state index contributed by atoms with van der Waals surface area (Å²) in [5, 5.41) is 3.21. The van der Waals surface area contributed by atoms with Gasteiger partial charge in [0, 0.05) is 12.2 Å². The molecule has 0 heterocycles. The molecule has 0 aliphatic heterocycles. The molecule has 0 aliphatic rings. The maximum Gasteiger partial charge on any atom is 0.337 e. The van der Waals surface area contributed by atoms with Crippen LogP contribution in [-0.4, -0.2) is 13.1 Å². The summed E-state index contributed by atoms with van der Waals surface area (Å²) in [7, 11) is 1.35. The van der Waals surface area contributed by atoms with Crippen LogP contribution < -0.4 is 5.32 Å². The third kappa shape index (κ3) is 3.35. The second-order valence-corrected chi connectivity index (χ2v) is 4.50. The summed E-state index contributed by atoms with van der Waals surface area (Å²) >= 11 is 0. The molecular weight excluding hydrogens is 257 g/mol. The van der Waals surface area contributed by atoms with Gasteiger partial charge in [0.15, 0.2) is 0 Å². The summed E-state index contributed by atoms with van der Waals surface area (Å²) < 4.78 is 17.7. The SMILES string of the molecule is COC(=O)c1cccc(NCc2ccc(F)cc2C)c1. The predicted octanol–water partition coefficient (Wildman–Crippen LogP) is 3.53. The zero-order valence-corrected chi connectivity index (χ0v) is 11.4. The van der Waals surface area contributed by atoms with Gasteiger partial charge in [-0.1, -0.05) is 12.1 Å². The molecular formula is C16H16FNO2. The minimum atomic E-state index is -0.369. The van der Waals surface area contributed by atoms with E-state index in [1.54, 1.807) is 24.3 Å². The number of methoxy groups -OCH3 is 1. The van der Waals surface area contributed by atoms with Crippen LogP contribution in [0.1, 0.15) is 21.5 Å². The van der Waals surface area contributed by atoms with Crippen LogP contribution in [0.5, 0.6) is 0 Å². The van der Waals surface area contributed by atoms with E-state index >= 15 is 0 Å². The molecule has 0 saturated carbocycles. The first kappa shape index (κ1) is 14.1. The van der Waals surface area contributed by atoms with Gasteiger partial charge >= 0.3 is 5.97 Å². The third-order valence-electron chi connectivity index (χ3n) is 3.07. The summed E-state index contributed by atoms with van der Waals surface area (Å²) in [5.41, 5.74) is 3.21. The van der Waals surface area contributed by atoms with E-state index in [9.17, 15) is 9.18 Å². The van der Waals surface area contributed by atoms with Crippen LogP contribution >= 0.6 is 0 Å². The van der Waals surface area contributed by atoms with Crippen molar-refractivity contribution in [3.05, 3.63) is 65.0 Å². The number of carbonyl (C=O) groups excluding carboxylic acids is 1. The Bertz CT molecular complexity index is 626. The van der Waals surface area contributed by atoms with E-state index < -0.39 is 0 Å². The number of carbonyl (C=O) groups is 1. The summed E-state index contributed by atoms with van der Waals surface area (Å²) in [6, 6.07) is 11.8. The van der Waals surface area contributed by atoms with Gasteiger partial charge in [0.1, 0.15) is 5.82 Å². The molecule has 2 rings (SSSR count). The molecule has 0 bridgehead atoms. The number of hydrogen-bond acceptors (Lipinski definition) is 3. The van der Waals surface area contributed by atoms with Gasteiger partial charge in [0.25, 0.3) is 0 Å². The number of nitrogens with one attached hydrogen (secondary N) is 1. The van der Waals surface area contributed by atoms with Gasteiger partial charge in [0.2, 0.25) is 0 Å². The van der Waals surface area contributed by atoms with Crippen molar-refractivity contribution in [2.75, 3.05) is 12.4 Å². The van der Waals surface area contributed by atoms with Gasteiger partial charge in [-0.05, 0) is 48.4 Å². The maximum atomic E-state index is 13.0. The number of anilines is 1. The molecule has 3 nitrogen and oxygen atoms in total. The number of benzene rings is 2. The Hall–Kier alpha value is -2.36. The second kappa shape index (κ2) is 6.19. The highest BCUT2D eigenvalue weighted by Gasteiger charge is 2.06. The maximum absolute atomic E-state index is 13.0. The number of rotatable bonds is 4. The first-order chi connectivity index (χ1) is 9.60. The lowest BCUT2D eigenvalue weighted by Gasteiger charge is -2.10. The average molecular weight is 273 g/mol. The smallest absolute Gasteiger partial charge is 0.337 e. The van der Waals surface area contributed by atoms with E-state index in [1.165, 1.54) is 19.2 Å². The quantitative estimate of drug-likeness (QED) is 0.866. The van der Waals surface area contributed by atoms with Crippen LogP contribution in [-0.2, 0) is 11.3 Å². The van der Waals surface area contributed by atoms with E-state index in [0.29, 0.717) is 12.1 Å². The lowest BCUT2D eigenvalue weighted by Crippen LogP contribution is -2.04. The molecule has 0 amide bonds. The lowest BCUT2D eigenvalue weighted by atomic mass is 10.1. The number of halogens is 1. The van der Waals surface area contributed by atoms with Gasteiger partial charge in [-0.3, -0.25) is 0 Å². The van der Waals surface area contributed by atoms with E-state index in [0.717, 1.165) is 16.8 Å². The number of hydrogen-bond donors (Lipinski definition) is 1. The number of esters is 1. The largest absolute Gasteiger partial charge is 0.465 e. The first-order valence-corrected chi connectivity index (χ1v) is 6.27. The summed E-state index contributed by atoms with van der Waals surface area (Å²) in [6.45, 7) is 2.43. The predicted molar refractivity (Wildman–Crippen MR) is 76.2 cm³/mol. The summed E-state index contributed by atoms with van der Waals surface area (Å²) in [4.78, 5) is 11.4. The Morgan fingerprint density at radius 3 is 2.75 bits per heavy atom. The van der Waals surface area contributed by atoms with Crippen LogP contribution in [0.4, 0.5) is 10.1 Å². The van der Waals surface area contributed by atoms with Crippen LogP contribution in [0.3, 0.4) is 0 Å². The average Bonchev–Trinajstić information content (AvgIpc) is 2.46. The minimum Gasteiger partial charge on any atom is -0.465 e. The van der Waals surface area contributed by atoms with E-state index in [2.05, 4.69) is 10.1 Å². The van der Waals surface area contributed by atoms with Gasteiger partial charge in [-0.2, -0.15) is 0 Å². The lowest BCUT2D eigenvalue weighted by molar-refractivity contribution is 0.0601. The fourth-order valence-corrected chi connectivity index (χ4v) is 1.93. The van der Waals surface area contributed by atoms with Crippen LogP contribution in [0, 0.1) is 12.7 Å². The molecule has 4 heteroatoms. The number of aryl methyl sites for hydroxylation is 1. The first-order valence-electron chi connectivity index (χ1n) is 6.27. The Labute approximate surface area is 117 Å². The van der Waals surface area contributed by atoms with Crippen molar-refractivity contribution >= 4 is 11.7 Å². The van der Waals surface area contributed by atoms with Crippen molar-refractivity contribution in [2.45, 2.75) is 13.5 Å². The molecule has 0 saturated heterocycles. The van der Waals surface area contributed by atoms with E-state index in [-0.39, 0.29) is 11.8 Å². The van der Waals surface area contributed by atoms with Crippen molar-refractivity contribution in [2.24, 2.45) is 0 Å². The fourth-order valence-electron chi connectivity index (χ4n) is 1.93. The highest BCUT2D eigenvalue weighted by molar-refractivity contribution is 5.90. The van der Waals surface area contributed by atoms with Crippen LogP contribution in [0.2, 0.25) is 0 Å². The molecule has 104 valence electrons. The van der Waals surface area contributed by atoms with Crippen LogP contribution in [0.25, 0.3) is 0 Å². The molecule has 0 aliphatic carbocycles. The minimum absolute atomic E-state index is 0.237. The summed E-state index contributed by atoms with van der Waals surface area (Å²) in [5.74, 6) is -0.606. The summed E-state index contributed by atoms with van der Waals surface area (Å²) in [6.07, 6.45) is 0. The molecule has 20 heavy (non-hydrogen) atoms. The van der Waals surface area contributed by atoms with Crippen LogP contribution in [0.15, 0.2) is 42.5 Å². The molecule has 0 aromatic heterocycles. The fraction of sp³-hybridized carbons (Fsp3) is 0.188. The van der Waals surface area contributed by atoms with Crippen molar-refractivity contribution in [1.82, 2.24) is 0 Å². The molecule has 1 N–H and O–H groups in total. The number of ether oxygens (including phenoxy) is 1. The zero-order valence-electron chi connectivity index (χ0n) is 11.4. The van der Waals surface area contributed by atoms with Crippen molar-refractivity contribution in [1.29, 1.82) is 0 Å². The highest BCUT2D eigenvalue weighted by atomic mass is 19.1. The Morgan fingerprint density at radius 2 is 2.05 bits per heavy atom.